The number of nitrogens with zero attached hydrogens (tertiary/aromatic N) is 3. The van der Waals surface area contributed by atoms with Crippen molar-refractivity contribution in [2.75, 3.05) is 45.0 Å². The normalized spacial score (nSPS) is 20.0. The Hall–Kier alpha value is -1.45. The first kappa shape index (κ1) is 21.8. The molecular formula is C21H26ClN3O3S2. The number of carbonyl (C=O) groups is 1. The zero-order valence-corrected chi connectivity index (χ0v) is 19.2. The van der Waals surface area contributed by atoms with E-state index >= 15 is 0 Å². The van der Waals surface area contributed by atoms with Crippen molar-refractivity contribution in [2.24, 2.45) is 0 Å². The van der Waals surface area contributed by atoms with Crippen molar-refractivity contribution >= 4 is 38.9 Å². The number of piperazine rings is 1. The van der Waals surface area contributed by atoms with Gasteiger partial charge in [-0.2, -0.15) is 0 Å². The van der Waals surface area contributed by atoms with E-state index in [2.05, 4.69) is 23.1 Å². The van der Waals surface area contributed by atoms with Gasteiger partial charge in [-0.15, -0.1) is 11.3 Å². The van der Waals surface area contributed by atoms with E-state index < -0.39 is 10.0 Å². The maximum Gasteiger partial charge on any atom is 0.223 e. The second kappa shape index (κ2) is 9.36. The minimum atomic E-state index is -3.13. The average molecular weight is 468 g/mol. The van der Waals surface area contributed by atoms with Crippen LogP contribution in [0.25, 0.3) is 10.4 Å². The van der Waals surface area contributed by atoms with Gasteiger partial charge in [0.25, 0.3) is 0 Å². The summed E-state index contributed by atoms with van der Waals surface area (Å²) in [6.45, 7) is 4.77. The number of rotatable bonds is 6. The number of carbonyl (C=O) groups excluding carboxylic acids is 1. The maximum absolute atomic E-state index is 12.5. The van der Waals surface area contributed by atoms with E-state index in [0.717, 1.165) is 30.2 Å². The SMILES string of the molecule is O=C(CCN1CCCS1(=O)=O)N1CCN(Cc2ccc(-c3cccc(Cl)c3)s2)CC1. The van der Waals surface area contributed by atoms with Crippen LogP contribution in [0, 0.1) is 0 Å². The summed E-state index contributed by atoms with van der Waals surface area (Å²) >= 11 is 7.88. The van der Waals surface area contributed by atoms with Crippen molar-refractivity contribution in [3.63, 3.8) is 0 Å². The molecule has 0 aliphatic carbocycles. The minimum absolute atomic E-state index is 0.0520. The summed E-state index contributed by atoms with van der Waals surface area (Å²) in [5.41, 5.74) is 1.13. The fraction of sp³-hybridized carbons (Fsp3) is 0.476. The monoisotopic (exact) mass is 467 g/mol. The molecule has 2 fully saturated rings. The van der Waals surface area contributed by atoms with Crippen LogP contribution < -0.4 is 0 Å². The van der Waals surface area contributed by atoms with Gasteiger partial charge in [-0.05, 0) is 36.2 Å². The predicted octanol–water partition coefficient (Wildman–Crippen LogP) is 3.14. The first-order chi connectivity index (χ1) is 14.4. The third kappa shape index (κ3) is 5.23. The van der Waals surface area contributed by atoms with Crippen molar-refractivity contribution in [2.45, 2.75) is 19.4 Å². The largest absolute Gasteiger partial charge is 0.340 e. The van der Waals surface area contributed by atoms with Gasteiger partial charge in [-0.25, -0.2) is 12.7 Å². The molecule has 9 heteroatoms. The maximum atomic E-state index is 12.5. The molecule has 162 valence electrons. The minimum Gasteiger partial charge on any atom is -0.340 e. The van der Waals surface area contributed by atoms with Crippen molar-refractivity contribution < 1.29 is 13.2 Å². The van der Waals surface area contributed by atoms with E-state index in [-0.39, 0.29) is 18.1 Å². The van der Waals surface area contributed by atoms with Gasteiger partial charge >= 0.3 is 0 Å². The predicted molar refractivity (Wildman–Crippen MR) is 121 cm³/mol. The number of hydrogen-bond acceptors (Lipinski definition) is 5. The van der Waals surface area contributed by atoms with Gasteiger partial charge in [0.15, 0.2) is 0 Å². The quantitative estimate of drug-likeness (QED) is 0.654. The van der Waals surface area contributed by atoms with E-state index in [1.165, 1.54) is 14.1 Å². The molecule has 1 aromatic heterocycles. The van der Waals surface area contributed by atoms with Gasteiger partial charge in [0, 0.05) is 67.0 Å². The topological polar surface area (TPSA) is 60.9 Å². The van der Waals surface area contributed by atoms with E-state index in [1.807, 2.05) is 23.1 Å². The van der Waals surface area contributed by atoms with Gasteiger partial charge < -0.3 is 4.90 Å². The van der Waals surface area contributed by atoms with Crippen molar-refractivity contribution in [3.8, 4) is 10.4 Å². The van der Waals surface area contributed by atoms with E-state index in [4.69, 9.17) is 11.6 Å². The molecule has 0 radical (unpaired) electrons. The number of benzene rings is 1. The highest BCUT2D eigenvalue weighted by atomic mass is 35.5. The van der Waals surface area contributed by atoms with Crippen LogP contribution in [0.5, 0.6) is 0 Å². The molecule has 0 N–H and O–H groups in total. The fourth-order valence-electron chi connectivity index (χ4n) is 3.96. The molecule has 0 bridgehead atoms. The third-order valence-corrected chi connectivity index (χ3v) is 8.96. The summed E-state index contributed by atoms with van der Waals surface area (Å²) in [7, 11) is -3.13. The lowest BCUT2D eigenvalue weighted by atomic mass is 10.2. The Morgan fingerprint density at radius 1 is 1.07 bits per heavy atom. The molecule has 0 saturated carbocycles. The van der Waals surface area contributed by atoms with E-state index in [0.29, 0.717) is 32.6 Å². The summed E-state index contributed by atoms with van der Waals surface area (Å²) in [6, 6.07) is 12.2. The highest BCUT2D eigenvalue weighted by Gasteiger charge is 2.29. The molecule has 1 amide bonds. The van der Waals surface area contributed by atoms with E-state index in [9.17, 15) is 13.2 Å². The lowest BCUT2D eigenvalue weighted by molar-refractivity contribution is -0.133. The van der Waals surface area contributed by atoms with Gasteiger partial charge in [0.05, 0.1) is 5.75 Å². The Morgan fingerprint density at radius 3 is 2.57 bits per heavy atom. The second-order valence-electron chi connectivity index (χ2n) is 7.75. The molecule has 6 nitrogen and oxygen atoms in total. The molecule has 0 spiro atoms. The molecule has 2 saturated heterocycles. The van der Waals surface area contributed by atoms with Gasteiger partial charge in [0.2, 0.25) is 15.9 Å². The Kier molecular flexibility index (Phi) is 6.79. The first-order valence-electron chi connectivity index (χ1n) is 10.2. The first-order valence-corrected chi connectivity index (χ1v) is 13.0. The highest BCUT2D eigenvalue weighted by Crippen LogP contribution is 2.30. The second-order valence-corrected chi connectivity index (χ2v) is 11.4. The standard InChI is InChI=1S/C21H26ClN3O3S2/c22-18-4-1-3-17(15-18)20-6-5-19(29-20)16-23-10-12-24(13-11-23)21(26)7-9-25-8-2-14-30(25,27)28/h1,3-6,15H,2,7-14,16H2. The highest BCUT2D eigenvalue weighted by molar-refractivity contribution is 7.89. The van der Waals surface area contributed by atoms with Crippen LogP contribution in [0.15, 0.2) is 36.4 Å². The van der Waals surface area contributed by atoms with Gasteiger partial charge in [0.1, 0.15) is 0 Å². The molecule has 1 aromatic carbocycles. The van der Waals surface area contributed by atoms with Crippen LogP contribution in [0.4, 0.5) is 0 Å². The van der Waals surface area contributed by atoms with Crippen molar-refractivity contribution in [1.29, 1.82) is 0 Å². The summed E-state index contributed by atoms with van der Waals surface area (Å²) in [6.07, 6.45) is 0.935. The third-order valence-electron chi connectivity index (χ3n) is 5.65. The van der Waals surface area contributed by atoms with Crippen LogP contribution in [0.2, 0.25) is 5.02 Å². The summed E-state index contributed by atoms with van der Waals surface area (Å²) < 4.78 is 25.2. The lowest BCUT2D eigenvalue weighted by Crippen LogP contribution is -2.48. The molecule has 0 unspecified atom stereocenters. The number of halogens is 1. The summed E-state index contributed by atoms with van der Waals surface area (Å²) in [5.74, 6) is 0.262. The number of amides is 1. The zero-order valence-electron chi connectivity index (χ0n) is 16.8. The lowest BCUT2D eigenvalue weighted by Gasteiger charge is -2.34. The molecule has 4 rings (SSSR count). The summed E-state index contributed by atoms with van der Waals surface area (Å²) in [4.78, 5) is 19.2. The van der Waals surface area contributed by atoms with Crippen molar-refractivity contribution in [1.82, 2.24) is 14.1 Å². The molecule has 3 heterocycles. The smallest absolute Gasteiger partial charge is 0.223 e. The molecule has 2 aromatic rings. The van der Waals surface area contributed by atoms with Crippen LogP contribution in [-0.4, -0.2) is 73.5 Å². The van der Waals surface area contributed by atoms with Crippen LogP contribution >= 0.6 is 22.9 Å². The average Bonchev–Trinajstić information content (AvgIpc) is 3.32. The number of sulfonamides is 1. The Morgan fingerprint density at radius 2 is 1.87 bits per heavy atom. The molecule has 0 atom stereocenters. The fourth-order valence-corrected chi connectivity index (χ4v) is 6.72. The molecule has 2 aliphatic rings. The molecular weight excluding hydrogens is 442 g/mol. The Balaban J connectivity index is 1.24. The van der Waals surface area contributed by atoms with Crippen LogP contribution in [0.1, 0.15) is 17.7 Å². The Bertz CT molecular complexity index is 1000. The van der Waals surface area contributed by atoms with Gasteiger partial charge in [-0.3, -0.25) is 9.69 Å². The molecule has 30 heavy (non-hydrogen) atoms. The van der Waals surface area contributed by atoms with Crippen LogP contribution in [-0.2, 0) is 21.4 Å². The van der Waals surface area contributed by atoms with Crippen LogP contribution in [0.3, 0.4) is 0 Å². The summed E-state index contributed by atoms with van der Waals surface area (Å²) in [5, 5.41) is 0.741. The Labute approximate surface area is 187 Å². The number of thiophene rings is 1. The van der Waals surface area contributed by atoms with Crippen molar-refractivity contribution in [3.05, 3.63) is 46.3 Å². The number of hydrogen-bond donors (Lipinski definition) is 0. The van der Waals surface area contributed by atoms with E-state index in [1.54, 1.807) is 11.3 Å². The zero-order chi connectivity index (χ0) is 21.1. The van der Waals surface area contributed by atoms with Gasteiger partial charge in [-0.1, -0.05) is 23.7 Å². The molecule has 2 aliphatic heterocycles.